The zero-order chi connectivity index (χ0) is 21.6. The highest BCUT2D eigenvalue weighted by molar-refractivity contribution is 7.22. The molecule has 0 radical (unpaired) electrons. The maximum Gasteiger partial charge on any atom is 0.266 e. The number of carbonyl (C=O) groups is 1. The summed E-state index contributed by atoms with van der Waals surface area (Å²) in [5, 5.41) is 0.570. The zero-order valence-electron chi connectivity index (χ0n) is 18.0. The van der Waals surface area contributed by atoms with Gasteiger partial charge in [0.15, 0.2) is 11.7 Å². The Morgan fingerprint density at radius 2 is 2.06 bits per heavy atom. The molecule has 1 aromatic heterocycles. The number of amides is 1. The van der Waals surface area contributed by atoms with Gasteiger partial charge in [0, 0.05) is 26.2 Å². The number of fused-ring (bicyclic) bond motifs is 1. The van der Waals surface area contributed by atoms with Crippen molar-refractivity contribution in [1.29, 1.82) is 0 Å². The third-order valence-corrected chi connectivity index (χ3v) is 6.22. The van der Waals surface area contributed by atoms with E-state index in [0.717, 1.165) is 49.5 Å². The summed E-state index contributed by atoms with van der Waals surface area (Å²) >= 11 is 1.32. The van der Waals surface area contributed by atoms with E-state index in [4.69, 9.17) is 9.47 Å². The summed E-state index contributed by atoms with van der Waals surface area (Å²) in [6, 6.07) is 12.1. The fourth-order valence-corrected chi connectivity index (χ4v) is 4.57. The average molecular weight is 480 g/mol. The number of rotatable bonds is 8. The van der Waals surface area contributed by atoms with E-state index in [9.17, 15) is 9.18 Å². The summed E-state index contributed by atoms with van der Waals surface area (Å²) in [7, 11) is 0. The Morgan fingerprint density at radius 3 is 2.84 bits per heavy atom. The molecule has 0 unspecified atom stereocenters. The van der Waals surface area contributed by atoms with E-state index in [0.29, 0.717) is 22.9 Å². The molecule has 2 heterocycles. The maximum atomic E-state index is 13.6. The molecule has 9 heteroatoms. The predicted octanol–water partition coefficient (Wildman–Crippen LogP) is 4.30. The Hall–Kier alpha value is -2.26. The van der Waals surface area contributed by atoms with Crippen molar-refractivity contribution in [2.75, 3.05) is 50.9 Å². The lowest BCUT2D eigenvalue weighted by atomic mass is 10.2. The number of benzene rings is 2. The number of hydrogen-bond donors (Lipinski definition) is 0. The molecule has 32 heavy (non-hydrogen) atoms. The maximum absolute atomic E-state index is 13.6. The molecule has 1 saturated heterocycles. The highest BCUT2D eigenvalue weighted by atomic mass is 35.5. The van der Waals surface area contributed by atoms with Gasteiger partial charge >= 0.3 is 0 Å². The normalized spacial score (nSPS) is 14.2. The molecular weight excluding hydrogens is 453 g/mol. The Morgan fingerprint density at radius 1 is 1.25 bits per heavy atom. The lowest BCUT2D eigenvalue weighted by molar-refractivity contribution is -0.120. The third kappa shape index (κ3) is 6.38. The smallest absolute Gasteiger partial charge is 0.266 e. The van der Waals surface area contributed by atoms with Crippen molar-refractivity contribution in [3.63, 3.8) is 0 Å². The monoisotopic (exact) mass is 479 g/mol. The van der Waals surface area contributed by atoms with E-state index in [-0.39, 0.29) is 30.7 Å². The van der Waals surface area contributed by atoms with Crippen LogP contribution in [0.15, 0.2) is 42.5 Å². The van der Waals surface area contributed by atoms with E-state index in [1.165, 1.54) is 23.5 Å². The zero-order valence-corrected chi connectivity index (χ0v) is 19.6. The van der Waals surface area contributed by atoms with Crippen LogP contribution in [-0.2, 0) is 9.53 Å². The van der Waals surface area contributed by atoms with Crippen LogP contribution in [0.5, 0.6) is 5.75 Å². The van der Waals surface area contributed by atoms with Crippen LogP contribution in [0.25, 0.3) is 10.2 Å². The molecule has 3 aromatic rings. The lowest BCUT2D eigenvalue weighted by Crippen LogP contribution is -2.40. The number of carbonyl (C=O) groups excluding carboxylic acids is 1. The van der Waals surface area contributed by atoms with E-state index < -0.39 is 0 Å². The number of aromatic nitrogens is 1. The van der Waals surface area contributed by atoms with Gasteiger partial charge in [-0.3, -0.25) is 14.6 Å². The number of morpholine rings is 1. The molecule has 2 aromatic carbocycles. The molecule has 0 spiro atoms. The van der Waals surface area contributed by atoms with Gasteiger partial charge in [-0.05, 0) is 49.2 Å². The fraction of sp³-hybridized carbons (Fsp3) is 0.391. The summed E-state index contributed by atoms with van der Waals surface area (Å²) in [6.45, 7) is 6.61. The molecule has 0 aliphatic carbocycles. The second-order valence-corrected chi connectivity index (χ2v) is 8.58. The van der Waals surface area contributed by atoms with Gasteiger partial charge in [-0.2, -0.15) is 0 Å². The Balaban J connectivity index is 0.00000289. The second kappa shape index (κ2) is 11.6. The Kier molecular flexibility index (Phi) is 8.81. The Bertz CT molecular complexity index is 1040. The van der Waals surface area contributed by atoms with Crippen LogP contribution < -0.4 is 9.64 Å². The first kappa shape index (κ1) is 24.4. The standard InChI is InChI=1S/C23H26FN3O3S.ClH/c1-17-4-2-5-19(14-17)30-16-22(28)27(9-3-8-26-10-12-29-13-11-26)23-25-20-7-6-18(24)15-21(20)31-23;/h2,4-7,14-15H,3,8-13,16H2,1H3;1H. The molecule has 0 saturated carbocycles. The SMILES string of the molecule is Cc1cccc(OCC(=O)N(CCCN2CCOCC2)c2nc3ccc(F)cc3s2)c1.Cl. The number of anilines is 1. The topological polar surface area (TPSA) is 54.9 Å². The number of thiazole rings is 1. The highest BCUT2D eigenvalue weighted by Gasteiger charge is 2.21. The number of hydrogen-bond acceptors (Lipinski definition) is 6. The first-order valence-electron chi connectivity index (χ1n) is 10.4. The molecule has 172 valence electrons. The highest BCUT2D eigenvalue weighted by Crippen LogP contribution is 2.29. The van der Waals surface area contributed by atoms with Crippen LogP contribution >= 0.6 is 23.7 Å². The van der Waals surface area contributed by atoms with Gasteiger partial charge in [-0.1, -0.05) is 23.5 Å². The molecule has 0 atom stereocenters. The van der Waals surface area contributed by atoms with Crippen LogP contribution in [0, 0.1) is 12.7 Å². The van der Waals surface area contributed by atoms with Gasteiger partial charge in [-0.15, -0.1) is 12.4 Å². The van der Waals surface area contributed by atoms with Gasteiger partial charge in [0.25, 0.3) is 5.91 Å². The fourth-order valence-electron chi connectivity index (χ4n) is 3.53. The van der Waals surface area contributed by atoms with Gasteiger partial charge in [-0.25, -0.2) is 9.37 Å². The minimum atomic E-state index is -0.310. The minimum absolute atomic E-state index is 0. The van der Waals surface area contributed by atoms with Gasteiger partial charge in [0.05, 0.1) is 23.4 Å². The van der Waals surface area contributed by atoms with Crippen LogP contribution in [0.2, 0.25) is 0 Å². The molecule has 6 nitrogen and oxygen atoms in total. The van der Waals surface area contributed by atoms with Crippen molar-refractivity contribution in [2.45, 2.75) is 13.3 Å². The summed E-state index contributed by atoms with van der Waals surface area (Å²) in [6.07, 6.45) is 0.806. The van der Waals surface area contributed by atoms with Crippen molar-refractivity contribution in [2.24, 2.45) is 0 Å². The number of ether oxygens (including phenoxy) is 2. The van der Waals surface area contributed by atoms with E-state index in [1.54, 1.807) is 11.0 Å². The van der Waals surface area contributed by atoms with E-state index >= 15 is 0 Å². The van der Waals surface area contributed by atoms with E-state index in [1.807, 2.05) is 31.2 Å². The van der Waals surface area contributed by atoms with Crippen LogP contribution in [0.3, 0.4) is 0 Å². The average Bonchev–Trinajstić information content (AvgIpc) is 3.18. The summed E-state index contributed by atoms with van der Waals surface area (Å²) in [5.41, 5.74) is 1.76. The number of nitrogens with zero attached hydrogens (tertiary/aromatic N) is 3. The number of aryl methyl sites for hydroxylation is 1. The molecule has 1 aliphatic rings. The van der Waals surface area contributed by atoms with Crippen molar-refractivity contribution >= 4 is 45.0 Å². The Labute approximate surface area is 197 Å². The van der Waals surface area contributed by atoms with Crippen molar-refractivity contribution in [3.8, 4) is 5.75 Å². The van der Waals surface area contributed by atoms with Gasteiger partial charge < -0.3 is 9.47 Å². The quantitative estimate of drug-likeness (QED) is 0.482. The molecular formula is C23H27ClFN3O3S. The third-order valence-electron chi connectivity index (χ3n) is 5.18. The second-order valence-electron chi connectivity index (χ2n) is 7.57. The predicted molar refractivity (Wildman–Crippen MR) is 128 cm³/mol. The minimum Gasteiger partial charge on any atom is -0.484 e. The molecule has 0 bridgehead atoms. The first-order chi connectivity index (χ1) is 15.1. The van der Waals surface area contributed by atoms with Crippen LogP contribution in [0.4, 0.5) is 9.52 Å². The molecule has 1 fully saturated rings. The summed E-state index contributed by atoms with van der Waals surface area (Å²) in [5.74, 6) is 0.187. The molecule has 0 N–H and O–H groups in total. The van der Waals surface area contributed by atoms with Crippen LogP contribution in [-0.4, -0.2) is 61.8 Å². The molecule has 4 rings (SSSR count). The summed E-state index contributed by atoms with van der Waals surface area (Å²) in [4.78, 5) is 21.7. The van der Waals surface area contributed by atoms with Crippen molar-refractivity contribution < 1.29 is 18.7 Å². The van der Waals surface area contributed by atoms with Gasteiger partial charge in [0.2, 0.25) is 0 Å². The van der Waals surface area contributed by atoms with Gasteiger partial charge in [0.1, 0.15) is 11.6 Å². The largest absolute Gasteiger partial charge is 0.484 e. The first-order valence-corrected chi connectivity index (χ1v) is 11.3. The van der Waals surface area contributed by atoms with Crippen molar-refractivity contribution in [3.05, 3.63) is 53.8 Å². The lowest BCUT2D eigenvalue weighted by Gasteiger charge is -2.27. The summed E-state index contributed by atoms with van der Waals surface area (Å²) < 4.78 is 25.5. The van der Waals surface area contributed by atoms with E-state index in [2.05, 4.69) is 9.88 Å². The van der Waals surface area contributed by atoms with Crippen LogP contribution in [0.1, 0.15) is 12.0 Å². The van der Waals surface area contributed by atoms with Crippen molar-refractivity contribution in [1.82, 2.24) is 9.88 Å². The molecule has 1 aliphatic heterocycles. The molecule has 1 amide bonds. The number of halogens is 2.